The van der Waals surface area contributed by atoms with Gasteiger partial charge in [-0.25, -0.2) is 9.67 Å². The molecule has 8 heteroatoms. The van der Waals surface area contributed by atoms with Crippen LogP contribution in [0, 0.1) is 13.8 Å². The van der Waals surface area contributed by atoms with Gasteiger partial charge < -0.3 is 5.11 Å². The molecule has 0 saturated carbocycles. The Labute approximate surface area is 114 Å². The van der Waals surface area contributed by atoms with Gasteiger partial charge in [-0.3, -0.25) is 4.79 Å². The van der Waals surface area contributed by atoms with Gasteiger partial charge in [-0.05, 0) is 30.7 Å². The van der Waals surface area contributed by atoms with Crippen molar-refractivity contribution < 1.29 is 9.90 Å². The highest BCUT2D eigenvalue weighted by Crippen LogP contribution is 2.30. The number of carboxylic acid groups (broad SMARTS) is 1. The molecule has 0 fully saturated rings. The molecule has 1 N–H and O–H groups in total. The van der Waals surface area contributed by atoms with E-state index in [1.165, 1.54) is 11.3 Å². The van der Waals surface area contributed by atoms with Gasteiger partial charge in [-0.15, -0.1) is 16.4 Å². The predicted molar refractivity (Wildman–Crippen MR) is 70.0 cm³/mol. The largest absolute Gasteiger partial charge is 0.481 e. The first-order chi connectivity index (χ1) is 9.02. The molecule has 0 aliphatic rings. The molecule has 0 aliphatic heterocycles. The number of carbonyl (C=O) groups is 1. The first-order valence-corrected chi connectivity index (χ1v) is 6.78. The number of tetrazole rings is 1. The molecule has 0 amide bonds. The Balaban J connectivity index is 2.41. The average molecular weight is 281 g/mol. The van der Waals surface area contributed by atoms with E-state index in [-0.39, 0.29) is 12.5 Å². The zero-order chi connectivity index (χ0) is 14.0. The predicted octanol–water partition coefficient (Wildman–Crippen LogP) is 1.84. The number of aliphatic carboxylic acids is 1. The minimum atomic E-state index is -0.856. The topological polar surface area (TPSA) is 93.8 Å². The minimum Gasteiger partial charge on any atom is -0.481 e. The maximum absolute atomic E-state index is 10.9. The number of aryl methyl sites for hydroxylation is 2. The highest BCUT2D eigenvalue weighted by atomic mass is 32.1. The first-order valence-electron chi connectivity index (χ1n) is 5.97. The molecule has 0 saturated heterocycles. The number of nitrogens with zero attached hydrogens (tertiary/aromatic N) is 5. The lowest BCUT2D eigenvalue weighted by Gasteiger charge is -2.13. The molecule has 1 atom stereocenters. The highest BCUT2D eigenvalue weighted by molar-refractivity contribution is 7.15. The number of carboxylic acids is 1. The van der Waals surface area contributed by atoms with Crippen molar-refractivity contribution in [2.75, 3.05) is 0 Å². The Kier molecular flexibility index (Phi) is 3.89. The molecular weight excluding hydrogens is 266 g/mol. The lowest BCUT2D eigenvalue weighted by Crippen LogP contribution is -2.15. The van der Waals surface area contributed by atoms with E-state index in [0.29, 0.717) is 12.2 Å². The van der Waals surface area contributed by atoms with Crippen LogP contribution in [0.1, 0.15) is 36.5 Å². The van der Waals surface area contributed by atoms with Gasteiger partial charge in [-0.2, -0.15) is 0 Å². The van der Waals surface area contributed by atoms with Gasteiger partial charge in [0.2, 0.25) is 0 Å². The normalized spacial score (nSPS) is 12.6. The van der Waals surface area contributed by atoms with Crippen LogP contribution in [0.25, 0.3) is 10.7 Å². The standard InChI is InChI=1S/C11H15N5O2S/c1-4-8(5-9(17)18)16-11(13-14-15-16)10-6(2)12-7(3)19-10/h8H,4-5H2,1-3H3,(H,17,18). The number of hydrogen-bond donors (Lipinski definition) is 1. The Bertz CT molecular complexity index is 592. The van der Waals surface area contributed by atoms with E-state index in [9.17, 15) is 4.79 Å². The van der Waals surface area contributed by atoms with Crippen LogP contribution < -0.4 is 0 Å². The van der Waals surface area contributed by atoms with Crippen LogP contribution in [-0.2, 0) is 4.79 Å². The van der Waals surface area contributed by atoms with Gasteiger partial charge in [-0.1, -0.05) is 6.92 Å². The molecule has 2 aromatic rings. The molecule has 0 aliphatic carbocycles. The van der Waals surface area contributed by atoms with Crippen molar-refractivity contribution in [1.82, 2.24) is 25.2 Å². The quantitative estimate of drug-likeness (QED) is 0.898. The second kappa shape index (κ2) is 5.43. The van der Waals surface area contributed by atoms with Crippen LogP contribution in [-0.4, -0.2) is 36.3 Å². The van der Waals surface area contributed by atoms with Crippen molar-refractivity contribution >= 4 is 17.3 Å². The molecule has 7 nitrogen and oxygen atoms in total. The SMILES string of the molecule is CCC(CC(=O)O)n1nnnc1-c1sc(C)nc1C. The summed E-state index contributed by atoms with van der Waals surface area (Å²) in [5.41, 5.74) is 0.865. The van der Waals surface area contributed by atoms with Crippen LogP contribution in [0.3, 0.4) is 0 Å². The monoisotopic (exact) mass is 281 g/mol. The third-order valence-corrected chi connectivity index (χ3v) is 3.90. The molecule has 2 aromatic heterocycles. The van der Waals surface area contributed by atoms with Gasteiger partial charge >= 0.3 is 5.97 Å². The summed E-state index contributed by atoms with van der Waals surface area (Å²) in [5.74, 6) is -0.262. The van der Waals surface area contributed by atoms with Crippen molar-refractivity contribution in [1.29, 1.82) is 0 Å². The number of aromatic nitrogens is 5. The lowest BCUT2D eigenvalue weighted by atomic mass is 10.1. The van der Waals surface area contributed by atoms with E-state index in [1.54, 1.807) is 4.68 Å². The first kappa shape index (κ1) is 13.6. The summed E-state index contributed by atoms with van der Waals surface area (Å²) >= 11 is 1.51. The molecule has 0 spiro atoms. The Morgan fingerprint density at radius 2 is 2.21 bits per heavy atom. The summed E-state index contributed by atoms with van der Waals surface area (Å²) in [5, 5.41) is 21.5. The lowest BCUT2D eigenvalue weighted by molar-refractivity contribution is -0.138. The summed E-state index contributed by atoms with van der Waals surface area (Å²) in [6.45, 7) is 5.74. The van der Waals surface area contributed by atoms with E-state index in [1.807, 2.05) is 20.8 Å². The van der Waals surface area contributed by atoms with Crippen molar-refractivity contribution in [2.24, 2.45) is 0 Å². The summed E-state index contributed by atoms with van der Waals surface area (Å²) in [6, 6.07) is -0.246. The fourth-order valence-corrected chi connectivity index (χ4v) is 2.83. The molecular formula is C11H15N5O2S. The van der Waals surface area contributed by atoms with Crippen LogP contribution in [0.5, 0.6) is 0 Å². The smallest absolute Gasteiger partial charge is 0.305 e. The highest BCUT2D eigenvalue weighted by Gasteiger charge is 2.22. The van der Waals surface area contributed by atoms with Crippen molar-refractivity contribution in [3.05, 3.63) is 10.7 Å². The summed E-state index contributed by atoms with van der Waals surface area (Å²) < 4.78 is 1.59. The van der Waals surface area contributed by atoms with Crippen LogP contribution in [0.2, 0.25) is 0 Å². The Hall–Kier alpha value is -1.83. The van der Waals surface area contributed by atoms with Crippen LogP contribution in [0.4, 0.5) is 0 Å². The van der Waals surface area contributed by atoms with E-state index < -0.39 is 5.97 Å². The molecule has 1 unspecified atom stereocenters. The molecule has 2 rings (SSSR count). The Morgan fingerprint density at radius 3 is 2.74 bits per heavy atom. The molecule has 2 heterocycles. The Morgan fingerprint density at radius 1 is 1.47 bits per heavy atom. The summed E-state index contributed by atoms with van der Waals surface area (Å²) in [4.78, 5) is 16.1. The van der Waals surface area contributed by atoms with E-state index >= 15 is 0 Å². The van der Waals surface area contributed by atoms with Gasteiger partial charge in [0.1, 0.15) is 0 Å². The number of hydrogen-bond acceptors (Lipinski definition) is 6. The third-order valence-electron chi connectivity index (χ3n) is 2.83. The number of thiazole rings is 1. The number of rotatable bonds is 5. The summed E-state index contributed by atoms with van der Waals surface area (Å²) in [6.07, 6.45) is 0.659. The maximum Gasteiger partial charge on any atom is 0.305 e. The van der Waals surface area contributed by atoms with Gasteiger partial charge in [0.25, 0.3) is 0 Å². The zero-order valence-electron chi connectivity index (χ0n) is 11.0. The third kappa shape index (κ3) is 2.78. The van der Waals surface area contributed by atoms with Crippen LogP contribution >= 0.6 is 11.3 Å². The molecule has 102 valence electrons. The second-order valence-electron chi connectivity index (χ2n) is 4.25. The molecule has 0 aromatic carbocycles. The maximum atomic E-state index is 10.9. The van der Waals surface area contributed by atoms with Crippen molar-refractivity contribution in [3.8, 4) is 10.7 Å². The fourth-order valence-electron chi connectivity index (χ4n) is 1.93. The average Bonchev–Trinajstić information content (AvgIpc) is 2.92. The second-order valence-corrected chi connectivity index (χ2v) is 5.46. The summed E-state index contributed by atoms with van der Waals surface area (Å²) in [7, 11) is 0. The van der Waals surface area contributed by atoms with E-state index in [4.69, 9.17) is 5.11 Å². The molecule has 0 bridgehead atoms. The fraction of sp³-hybridized carbons (Fsp3) is 0.545. The molecule has 0 radical (unpaired) electrons. The van der Waals surface area contributed by atoms with Gasteiger partial charge in [0, 0.05) is 0 Å². The minimum absolute atomic E-state index is 0.00533. The van der Waals surface area contributed by atoms with E-state index in [2.05, 4.69) is 20.5 Å². The van der Waals surface area contributed by atoms with Crippen molar-refractivity contribution in [3.63, 3.8) is 0 Å². The van der Waals surface area contributed by atoms with Crippen LogP contribution in [0.15, 0.2) is 0 Å². The van der Waals surface area contributed by atoms with Gasteiger partial charge in [0.15, 0.2) is 5.82 Å². The van der Waals surface area contributed by atoms with Crippen molar-refractivity contribution in [2.45, 2.75) is 39.7 Å². The zero-order valence-corrected chi connectivity index (χ0v) is 11.8. The molecule has 19 heavy (non-hydrogen) atoms. The van der Waals surface area contributed by atoms with E-state index in [0.717, 1.165) is 15.6 Å². The van der Waals surface area contributed by atoms with Gasteiger partial charge in [0.05, 0.1) is 28.0 Å².